The maximum absolute atomic E-state index is 12.5. The second kappa shape index (κ2) is 9.24. The summed E-state index contributed by atoms with van der Waals surface area (Å²) in [5.74, 6) is -0.667. The molecule has 4 rings (SSSR count). The topological polar surface area (TPSA) is 72.5 Å². The number of hydrogen-bond acceptors (Lipinski definition) is 4. The van der Waals surface area contributed by atoms with E-state index in [-0.39, 0.29) is 36.2 Å². The molecule has 2 aromatic rings. The maximum Gasteiger partial charge on any atom is 0.309 e. The summed E-state index contributed by atoms with van der Waals surface area (Å²) in [5, 5.41) is 2.87. The van der Waals surface area contributed by atoms with E-state index >= 15 is 0 Å². The number of fused-ring (bicyclic) bond motifs is 2. The number of ketones is 1. The summed E-state index contributed by atoms with van der Waals surface area (Å²) in [4.78, 5) is 37.1. The summed E-state index contributed by atoms with van der Waals surface area (Å²) in [5.41, 5.74) is 2.88. The fraction of sp³-hybridized carbons (Fsp3) is 0.400. The van der Waals surface area contributed by atoms with Crippen LogP contribution in [-0.2, 0) is 25.5 Å². The zero-order chi connectivity index (χ0) is 20.9. The van der Waals surface area contributed by atoms with Gasteiger partial charge in [-0.25, -0.2) is 0 Å². The first-order valence-corrected chi connectivity index (χ1v) is 10.7. The van der Waals surface area contributed by atoms with Gasteiger partial charge in [0.05, 0.1) is 5.92 Å². The summed E-state index contributed by atoms with van der Waals surface area (Å²) in [6.45, 7) is -0.307. The van der Waals surface area contributed by atoms with E-state index in [1.165, 1.54) is 0 Å². The van der Waals surface area contributed by atoms with Crippen molar-refractivity contribution in [2.75, 3.05) is 11.9 Å². The highest BCUT2D eigenvalue weighted by atomic mass is 16.5. The van der Waals surface area contributed by atoms with Crippen molar-refractivity contribution in [2.45, 2.75) is 38.5 Å². The number of Topliss-reactive ketones (excluding diaryl/α,β-unsaturated/α-hetero) is 1. The predicted octanol–water partition coefficient (Wildman–Crippen LogP) is 4.15. The number of esters is 1. The minimum atomic E-state index is -0.355. The van der Waals surface area contributed by atoms with Gasteiger partial charge in [-0.1, -0.05) is 55.0 Å². The number of anilines is 1. The fourth-order valence-electron chi connectivity index (χ4n) is 4.73. The van der Waals surface area contributed by atoms with E-state index < -0.39 is 0 Å². The maximum atomic E-state index is 12.5. The molecule has 2 aliphatic rings. The van der Waals surface area contributed by atoms with Gasteiger partial charge in [-0.05, 0) is 49.3 Å². The Morgan fingerprint density at radius 3 is 2.33 bits per heavy atom. The third-order valence-electron chi connectivity index (χ3n) is 6.26. The standard InChI is InChI=1S/C25H27NO4/c27-23(16-30-25(29)21-14-19-10-6-11-20(15-21)24(19)28)26-22-12-5-4-9-18(22)13-17-7-2-1-3-8-17/h1-5,7-9,12,19-21H,6,10-11,13-16H2,(H,26,27)/t19-,20-/m0/s1. The van der Waals surface area contributed by atoms with Crippen molar-refractivity contribution < 1.29 is 19.1 Å². The van der Waals surface area contributed by atoms with Crippen LogP contribution in [0.4, 0.5) is 5.69 Å². The Hall–Kier alpha value is -2.95. The minimum absolute atomic E-state index is 0.00580. The van der Waals surface area contributed by atoms with Gasteiger partial charge >= 0.3 is 5.97 Å². The van der Waals surface area contributed by atoms with Gasteiger partial charge in [-0.15, -0.1) is 0 Å². The van der Waals surface area contributed by atoms with Crippen molar-refractivity contribution in [3.05, 3.63) is 65.7 Å². The molecule has 1 amide bonds. The second-order valence-corrected chi connectivity index (χ2v) is 8.37. The van der Waals surface area contributed by atoms with E-state index in [1.807, 2.05) is 54.6 Å². The van der Waals surface area contributed by atoms with Crippen LogP contribution in [0.5, 0.6) is 0 Å². The highest BCUT2D eigenvalue weighted by Crippen LogP contribution is 2.40. The average Bonchev–Trinajstić information content (AvgIpc) is 2.74. The van der Waals surface area contributed by atoms with E-state index in [1.54, 1.807) is 0 Å². The quantitative estimate of drug-likeness (QED) is 0.733. The van der Waals surface area contributed by atoms with Crippen LogP contribution >= 0.6 is 0 Å². The van der Waals surface area contributed by atoms with Gasteiger partial charge < -0.3 is 10.1 Å². The molecule has 0 radical (unpaired) electrons. The Kier molecular flexibility index (Phi) is 6.26. The molecule has 5 heteroatoms. The highest BCUT2D eigenvalue weighted by Gasteiger charge is 2.41. The third kappa shape index (κ3) is 4.78. The first-order valence-electron chi connectivity index (χ1n) is 10.7. The lowest BCUT2D eigenvalue weighted by molar-refractivity contribution is -0.155. The highest BCUT2D eigenvalue weighted by molar-refractivity contribution is 5.94. The molecule has 0 spiro atoms. The van der Waals surface area contributed by atoms with Gasteiger partial charge in [0.15, 0.2) is 6.61 Å². The Bertz CT molecular complexity index is 908. The van der Waals surface area contributed by atoms with Gasteiger partial charge in [0.1, 0.15) is 5.78 Å². The molecule has 1 N–H and O–H groups in total. The van der Waals surface area contributed by atoms with E-state index in [0.717, 1.165) is 36.1 Å². The van der Waals surface area contributed by atoms with Crippen LogP contribution in [0.2, 0.25) is 0 Å². The summed E-state index contributed by atoms with van der Waals surface area (Å²) < 4.78 is 5.31. The molecule has 0 aliphatic heterocycles. The molecule has 0 saturated heterocycles. The first-order chi connectivity index (χ1) is 14.6. The molecule has 2 fully saturated rings. The van der Waals surface area contributed by atoms with Crippen molar-refractivity contribution in [2.24, 2.45) is 17.8 Å². The predicted molar refractivity (Wildman–Crippen MR) is 114 cm³/mol. The van der Waals surface area contributed by atoms with Crippen LogP contribution in [-0.4, -0.2) is 24.3 Å². The minimum Gasteiger partial charge on any atom is -0.455 e. The zero-order valence-corrected chi connectivity index (χ0v) is 17.0. The molecule has 156 valence electrons. The van der Waals surface area contributed by atoms with Crippen molar-refractivity contribution in [1.29, 1.82) is 0 Å². The molecule has 2 aromatic carbocycles. The van der Waals surface area contributed by atoms with Gasteiger partial charge in [-0.2, -0.15) is 0 Å². The van der Waals surface area contributed by atoms with Crippen molar-refractivity contribution in [3.8, 4) is 0 Å². The van der Waals surface area contributed by atoms with E-state index in [9.17, 15) is 14.4 Å². The number of amides is 1. The normalized spacial score (nSPS) is 22.9. The molecular weight excluding hydrogens is 378 g/mol. The number of carbonyl (C=O) groups is 3. The number of benzene rings is 2. The Morgan fingerprint density at radius 2 is 1.60 bits per heavy atom. The van der Waals surface area contributed by atoms with Crippen molar-refractivity contribution >= 4 is 23.3 Å². The largest absolute Gasteiger partial charge is 0.455 e. The smallest absolute Gasteiger partial charge is 0.309 e. The summed E-state index contributed by atoms with van der Waals surface area (Å²) in [6, 6.07) is 17.7. The molecule has 30 heavy (non-hydrogen) atoms. The van der Waals surface area contributed by atoms with E-state index in [2.05, 4.69) is 5.32 Å². The van der Waals surface area contributed by atoms with Crippen LogP contribution in [0.1, 0.15) is 43.2 Å². The second-order valence-electron chi connectivity index (χ2n) is 8.37. The van der Waals surface area contributed by atoms with Gasteiger partial charge in [0, 0.05) is 17.5 Å². The number of ether oxygens (including phenoxy) is 1. The monoisotopic (exact) mass is 405 g/mol. The zero-order valence-electron chi connectivity index (χ0n) is 17.0. The molecule has 5 nitrogen and oxygen atoms in total. The molecule has 0 unspecified atom stereocenters. The van der Waals surface area contributed by atoms with Crippen molar-refractivity contribution in [1.82, 2.24) is 0 Å². The van der Waals surface area contributed by atoms with E-state index in [4.69, 9.17) is 4.74 Å². The Morgan fingerprint density at radius 1 is 0.933 bits per heavy atom. The molecular formula is C25H27NO4. The lowest BCUT2D eigenvalue weighted by Crippen LogP contribution is -2.40. The number of para-hydroxylation sites is 1. The van der Waals surface area contributed by atoms with Crippen molar-refractivity contribution in [3.63, 3.8) is 0 Å². The van der Waals surface area contributed by atoms with E-state index in [0.29, 0.717) is 25.0 Å². The summed E-state index contributed by atoms with van der Waals surface area (Å²) in [6.07, 6.45) is 4.64. The van der Waals surface area contributed by atoms with Crippen LogP contribution in [0.25, 0.3) is 0 Å². The van der Waals surface area contributed by atoms with Gasteiger partial charge in [-0.3, -0.25) is 14.4 Å². The van der Waals surface area contributed by atoms with Crippen LogP contribution < -0.4 is 5.32 Å². The molecule has 2 aliphatic carbocycles. The Balaban J connectivity index is 1.31. The average molecular weight is 405 g/mol. The Labute approximate surface area is 176 Å². The van der Waals surface area contributed by atoms with Gasteiger partial charge in [0.25, 0.3) is 5.91 Å². The molecule has 0 heterocycles. The van der Waals surface area contributed by atoms with Crippen LogP contribution in [0, 0.1) is 17.8 Å². The lowest BCUT2D eigenvalue weighted by Gasteiger charge is -2.36. The molecule has 2 atom stereocenters. The van der Waals surface area contributed by atoms with Gasteiger partial charge in [0.2, 0.25) is 0 Å². The fourth-order valence-corrected chi connectivity index (χ4v) is 4.73. The van der Waals surface area contributed by atoms with Crippen LogP contribution in [0.15, 0.2) is 54.6 Å². The SMILES string of the molecule is O=C(COC(=O)C1C[C@@H]2CCC[C@@H](C1)C2=O)Nc1ccccc1Cc1ccccc1. The third-order valence-corrected chi connectivity index (χ3v) is 6.26. The number of rotatable bonds is 6. The summed E-state index contributed by atoms with van der Waals surface area (Å²) in [7, 11) is 0. The molecule has 2 saturated carbocycles. The number of carbonyl (C=O) groups excluding carboxylic acids is 3. The summed E-state index contributed by atoms with van der Waals surface area (Å²) >= 11 is 0. The molecule has 2 bridgehead atoms. The molecule has 0 aromatic heterocycles. The van der Waals surface area contributed by atoms with Crippen LogP contribution in [0.3, 0.4) is 0 Å². The lowest BCUT2D eigenvalue weighted by atomic mass is 9.67. The number of nitrogens with one attached hydrogen (secondary N) is 1. The first kappa shape index (κ1) is 20.3. The number of hydrogen-bond donors (Lipinski definition) is 1.